The number of thioether (sulfide) groups is 1. The molecule has 1 aliphatic rings. The number of carbonyl (C=O) groups is 3. The van der Waals surface area contributed by atoms with E-state index in [4.69, 9.17) is 27.9 Å². The van der Waals surface area contributed by atoms with Crippen LogP contribution in [0.15, 0.2) is 35.2 Å². The molecule has 0 aromatic heterocycles. The second kappa shape index (κ2) is 9.64. The van der Waals surface area contributed by atoms with Crippen LogP contribution in [0.2, 0.25) is 10.0 Å². The van der Waals surface area contributed by atoms with E-state index in [-0.39, 0.29) is 21.4 Å². The van der Waals surface area contributed by atoms with Crippen molar-refractivity contribution in [3.8, 4) is 11.5 Å². The summed E-state index contributed by atoms with van der Waals surface area (Å²) in [6.07, 6.45) is 1.46. The average molecular weight is 481 g/mol. The Morgan fingerprint density at radius 3 is 2.71 bits per heavy atom. The summed E-state index contributed by atoms with van der Waals surface area (Å²) in [6.45, 7) is 3.43. The summed E-state index contributed by atoms with van der Waals surface area (Å²) in [7, 11) is 0. The van der Waals surface area contributed by atoms with Crippen LogP contribution >= 0.6 is 35.0 Å². The van der Waals surface area contributed by atoms with Crippen LogP contribution in [0, 0.1) is 6.92 Å². The number of carbonyl (C=O) groups excluding carboxylic acids is 3. The van der Waals surface area contributed by atoms with Crippen molar-refractivity contribution in [2.75, 3.05) is 18.5 Å². The molecule has 162 valence electrons. The average Bonchev–Trinajstić information content (AvgIpc) is 2.96. The summed E-state index contributed by atoms with van der Waals surface area (Å²) in [4.78, 5) is 38.4. The van der Waals surface area contributed by atoms with Crippen LogP contribution in [0.1, 0.15) is 18.1 Å². The lowest BCUT2D eigenvalue weighted by molar-refractivity contribution is -0.127. The number of benzene rings is 2. The first kappa shape index (κ1) is 23.0. The van der Waals surface area contributed by atoms with Crippen LogP contribution in [0.4, 0.5) is 10.5 Å². The Hall–Kier alpha value is -2.68. The normalized spacial score (nSPS) is 15.0. The van der Waals surface area contributed by atoms with Gasteiger partial charge in [-0.25, -0.2) is 0 Å². The maximum Gasteiger partial charge on any atom is 0.294 e. The molecule has 0 saturated carbocycles. The molecule has 2 aromatic carbocycles. The maximum absolute atomic E-state index is 12.7. The molecule has 2 aromatic rings. The van der Waals surface area contributed by atoms with Gasteiger partial charge in [0.2, 0.25) is 5.91 Å². The lowest BCUT2D eigenvalue weighted by Crippen LogP contribution is -2.36. The molecule has 7 nitrogen and oxygen atoms in total. The largest absolute Gasteiger partial charge is 0.503 e. The first-order chi connectivity index (χ1) is 14.7. The molecule has 1 saturated heterocycles. The van der Waals surface area contributed by atoms with E-state index in [0.29, 0.717) is 34.6 Å². The van der Waals surface area contributed by atoms with Gasteiger partial charge < -0.3 is 15.2 Å². The molecular weight excluding hydrogens is 463 g/mol. The predicted molar refractivity (Wildman–Crippen MR) is 122 cm³/mol. The smallest absolute Gasteiger partial charge is 0.294 e. The minimum Gasteiger partial charge on any atom is -0.503 e. The second-order valence-electron chi connectivity index (χ2n) is 6.56. The Labute approximate surface area is 193 Å². The number of nitrogens with one attached hydrogen (secondary N) is 1. The minimum absolute atomic E-state index is 0.0488. The van der Waals surface area contributed by atoms with E-state index < -0.39 is 23.6 Å². The van der Waals surface area contributed by atoms with Crippen LogP contribution in [-0.4, -0.2) is 40.2 Å². The molecule has 0 unspecified atom stereocenters. The van der Waals surface area contributed by atoms with Crippen molar-refractivity contribution >= 4 is 63.8 Å². The van der Waals surface area contributed by atoms with Gasteiger partial charge in [0.25, 0.3) is 11.1 Å². The summed E-state index contributed by atoms with van der Waals surface area (Å²) in [5.41, 5.74) is 1.76. The molecule has 2 N–H and O–H groups in total. The van der Waals surface area contributed by atoms with Gasteiger partial charge in [0.15, 0.2) is 11.5 Å². The highest BCUT2D eigenvalue weighted by Gasteiger charge is 2.36. The minimum atomic E-state index is -0.602. The van der Waals surface area contributed by atoms with Gasteiger partial charge >= 0.3 is 0 Å². The van der Waals surface area contributed by atoms with E-state index >= 15 is 0 Å². The molecule has 1 heterocycles. The fraction of sp³-hybridized carbons (Fsp3) is 0.190. The fourth-order valence-corrected chi connectivity index (χ4v) is 4.02. The highest BCUT2D eigenvalue weighted by molar-refractivity contribution is 8.18. The summed E-state index contributed by atoms with van der Waals surface area (Å²) in [5, 5.41) is 12.5. The van der Waals surface area contributed by atoms with E-state index in [9.17, 15) is 19.5 Å². The van der Waals surface area contributed by atoms with Crippen molar-refractivity contribution in [2.45, 2.75) is 13.8 Å². The fourth-order valence-electron chi connectivity index (χ4n) is 2.79. The second-order valence-corrected chi connectivity index (χ2v) is 8.39. The number of rotatable bonds is 6. The molecule has 0 bridgehead atoms. The predicted octanol–water partition coefficient (Wildman–Crippen LogP) is 5.08. The Kier molecular flexibility index (Phi) is 7.15. The van der Waals surface area contributed by atoms with Gasteiger partial charge in [-0.3, -0.25) is 19.3 Å². The van der Waals surface area contributed by atoms with Crippen LogP contribution in [0.5, 0.6) is 11.5 Å². The van der Waals surface area contributed by atoms with Crippen LogP contribution in [0.25, 0.3) is 6.08 Å². The summed E-state index contributed by atoms with van der Waals surface area (Å²) < 4.78 is 5.32. The number of hydrogen-bond donors (Lipinski definition) is 2. The first-order valence-corrected chi connectivity index (χ1v) is 10.7. The van der Waals surface area contributed by atoms with Gasteiger partial charge in [0.1, 0.15) is 6.54 Å². The standard InChI is InChI=1S/C21H18Cl2N2O5S/c1-3-30-16-7-12(6-14(23)19(16)27)8-17-20(28)25(21(29)31-17)10-18(26)24-15-9-13(22)5-4-11(15)2/h4-9,27H,3,10H2,1-2H3,(H,24,26)/b17-8-. The maximum atomic E-state index is 12.7. The summed E-state index contributed by atoms with van der Waals surface area (Å²) in [5.74, 6) is -1.17. The number of ether oxygens (including phenoxy) is 1. The Bertz CT molecular complexity index is 1100. The van der Waals surface area contributed by atoms with Crippen molar-refractivity contribution in [1.82, 2.24) is 4.90 Å². The summed E-state index contributed by atoms with van der Waals surface area (Å²) >= 11 is 12.7. The number of phenols is 1. The third-order valence-electron chi connectivity index (χ3n) is 4.30. The zero-order valence-electron chi connectivity index (χ0n) is 16.6. The highest BCUT2D eigenvalue weighted by Crippen LogP contribution is 2.38. The molecule has 1 aliphatic heterocycles. The van der Waals surface area contributed by atoms with Crippen LogP contribution in [0.3, 0.4) is 0 Å². The van der Waals surface area contributed by atoms with Gasteiger partial charge in [0, 0.05) is 10.7 Å². The number of anilines is 1. The number of amides is 3. The molecule has 31 heavy (non-hydrogen) atoms. The molecule has 3 rings (SSSR count). The quantitative estimate of drug-likeness (QED) is 0.559. The molecule has 0 spiro atoms. The van der Waals surface area contributed by atoms with Gasteiger partial charge in [-0.1, -0.05) is 29.3 Å². The Morgan fingerprint density at radius 2 is 2.00 bits per heavy atom. The van der Waals surface area contributed by atoms with Crippen LogP contribution in [-0.2, 0) is 9.59 Å². The zero-order chi connectivity index (χ0) is 22.7. The topological polar surface area (TPSA) is 95.9 Å². The zero-order valence-corrected chi connectivity index (χ0v) is 18.9. The summed E-state index contributed by atoms with van der Waals surface area (Å²) in [6, 6.07) is 7.99. The van der Waals surface area contributed by atoms with Crippen molar-refractivity contribution in [3.05, 3.63) is 56.4 Å². The monoisotopic (exact) mass is 480 g/mol. The number of halogens is 2. The molecule has 0 radical (unpaired) electrons. The third kappa shape index (κ3) is 5.33. The Balaban J connectivity index is 1.76. The molecule has 0 atom stereocenters. The van der Waals surface area contributed by atoms with Gasteiger partial charge in [-0.05, 0) is 67.1 Å². The van der Waals surface area contributed by atoms with Gasteiger partial charge in [-0.15, -0.1) is 0 Å². The highest BCUT2D eigenvalue weighted by atomic mass is 35.5. The molecule has 1 fully saturated rings. The van der Waals surface area contributed by atoms with Crippen LogP contribution < -0.4 is 10.1 Å². The molecule has 10 heteroatoms. The van der Waals surface area contributed by atoms with Gasteiger partial charge in [-0.2, -0.15) is 0 Å². The van der Waals surface area contributed by atoms with Gasteiger partial charge in [0.05, 0.1) is 16.5 Å². The Morgan fingerprint density at radius 1 is 1.26 bits per heavy atom. The lowest BCUT2D eigenvalue weighted by Gasteiger charge is -2.14. The molecule has 0 aliphatic carbocycles. The third-order valence-corrected chi connectivity index (χ3v) is 5.73. The van der Waals surface area contributed by atoms with Crippen molar-refractivity contribution in [1.29, 1.82) is 0 Å². The van der Waals surface area contributed by atoms with E-state index in [2.05, 4.69) is 5.32 Å². The number of imide groups is 1. The van der Waals surface area contributed by atoms with Crippen molar-refractivity contribution in [2.24, 2.45) is 0 Å². The van der Waals surface area contributed by atoms with E-state index in [0.717, 1.165) is 10.5 Å². The number of hydrogen-bond acceptors (Lipinski definition) is 6. The van der Waals surface area contributed by atoms with Crippen molar-refractivity contribution < 1.29 is 24.2 Å². The number of nitrogens with zero attached hydrogens (tertiary/aromatic N) is 1. The molecule has 3 amide bonds. The van der Waals surface area contributed by atoms with E-state index in [1.165, 1.54) is 18.2 Å². The SMILES string of the molecule is CCOc1cc(/C=C2\SC(=O)N(CC(=O)Nc3cc(Cl)ccc3C)C2=O)cc(Cl)c1O. The number of aromatic hydroxyl groups is 1. The number of phenolic OH excluding ortho intramolecular Hbond substituents is 1. The first-order valence-electron chi connectivity index (χ1n) is 9.16. The van der Waals surface area contributed by atoms with E-state index in [1.807, 2.05) is 0 Å². The lowest BCUT2D eigenvalue weighted by atomic mass is 10.2. The number of aryl methyl sites for hydroxylation is 1. The molecular formula is C21H18Cl2N2O5S. The van der Waals surface area contributed by atoms with Crippen molar-refractivity contribution in [3.63, 3.8) is 0 Å². The van der Waals surface area contributed by atoms with E-state index in [1.54, 1.807) is 32.0 Å².